The van der Waals surface area contributed by atoms with Gasteiger partial charge in [0, 0.05) is 18.2 Å². The van der Waals surface area contributed by atoms with E-state index >= 15 is 0 Å². The molecule has 3 nitrogen and oxygen atoms in total. The minimum absolute atomic E-state index is 0.0562. The summed E-state index contributed by atoms with van der Waals surface area (Å²) in [6, 6.07) is 3.75. The van der Waals surface area contributed by atoms with Gasteiger partial charge in [0.1, 0.15) is 18.0 Å². The van der Waals surface area contributed by atoms with Crippen molar-refractivity contribution in [1.82, 2.24) is 9.97 Å². The summed E-state index contributed by atoms with van der Waals surface area (Å²) >= 11 is 0. The fourth-order valence-corrected chi connectivity index (χ4v) is 1.63. The molecule has 0 N–H and O–H groups in total. The Bertz CT molecular complexity index is 562. The van der Waals surface area contributed by atoms with Gasteiger partial charge in [-0.05, 0) is 18.2 Å². The Labute approximate surface area is 103 Å². The van der Waals surface area contributed by atoms with Gasteiger partial charge >= 0.3 is 0 Å². The molecule has 1 heterocycles. The quantitative estimate of drug-likeness (QED) is 0.784. The molecule has 0 spiro atoms. The summed E-state index contributed by atoms with van der Waals surface area (Å²) in [5.41, 5.74) is 0.189. The van der Waals surface area contributed by atoms with Crippen LogP contribution in [0.15, 0.2) is 30.7 Å². The van der Waals surface area contributed by atoms with Gasteiger partial charge in [-0.15, -0.1) is 0 Å². The molecule has 0 radical (unpaired) electrons. The van der Waals surface area contributed by atoms with Crippen LogP contribution in [0.2, 0.25) is 0 Å². The Hall–Kier alpha value is -2.17. The number of carbonyl (C=O) groups is 1. The number of rotatable bonds is 3. The fourth-order valence-electron chi connectivity index (χ4n) is 1.63. The SMILES string of the molecule is CCC(=O)c1c(F)cc(-c2ccncn2)cc1F. The van der Waals surface area contributed by atoms with Gasteiger partial charge < -0.3 is 0 Å². The maximum atomic E-state index is 13.7. The zero-order valence-electron chi connectivity index (χ0n) is 9.65. The maximum Gasteiger partial charge on any atom is 0.168 e. The average molecular weight is 248 g/mol. The predicted octanol–water partition coefficient (Wildman–Crippen LogP) is 3.01. The van der Waals surface area contributed by atoms with Crippen molar-refractivity contribution in [1.29, 1.82) is 0 Å². The monoisotopic (exact) mass is 248 g/mol. The van der Waals surface area contributed by atoms with Crippen molar-refractivity contribution in [3.05, 3.63) is 47.9 Å². The normalized spacial score (nSPS) is 10.4. The molecule has 18 heavy (non-hydrogen) atoms. The molecule has 1 aromatic carbocycles. The third-order valence-electron chi connectivity index (χ3n) is 2.52. The summed E-state index contributed by atoms with van der Waals surface area (Å²) in [5.74, 6) is -2.29. The topological polar surface area (TPSA) is 42.9 Å². The molecule has 0 saturated carbocycles. The van der Waals surface area contributed by atoms with Gasteiger partial charge in [0.25, 0.3) is 0 Å². The highest BCUT2D eigenvalue weighted by Crippen LogP contribution is 2.23. The summed E-state index contributed by atoms with van der Waals surface area (Å²) < 4.78 is 27.5. The molecule has 0 aliphatic carbocycles. The van der Waals surface area contributed by atoms with Gasteiger partial charge in [0.15, 0.2) is 5.78 Å². The van der Waals surface area contributed by atoms with E-state index in [-0.39, 0.29) is 12.0 Å². The summed E-state index contributed by atoms with van der Waals surface area (Å²) in [6.07, 6.45) is 2.82. The first kappa shape index (κ1) is 12.3. The summed E-state index contributed by atoms with van der Waals surface area (Å²) in [6.45, 7) is 1.56. The van der Waals surface area contributed by atoms with E-state index in [2.05, 4.69) is 9.97 Å². The molecule has 2 rings (SSSR count). The van der Waals surface area contributed by atoms with Crippen LogP contribution < -0.4 is 0 Å². The number of ketones is 1. The van der Waals surface area contributed by atoms with E-state index in [1.165, 1.54) is 18.6 Å². The summed E-state index contributed by atoms with van der Waals surface area (Å²) in [4.78, 5) is 19.0. The number of Topliss-reactive ketones (excluding diaryl/α,β-unsaturated/α-hetero) is 1. The van der Waals surface area contributed by atoms with Crippen LogP contribution >= 0.6 is 0 Å². The zero-order chi connectivity index (χ0) is 13.1. The first-order chi connectivity index (χ1) is 8.63. The second-order valence-electron chi connectivity index (χ2n) is 3.69. The number of hydrogen-bond donors (Lipinski definition) is 0. The molecule has 0 atom stereocenters. The first-order valence-corrected chi connectivity index (χ1v) is 5.42. The Morgan fingerprint density at radius 2 is 1.94 bits per heavy atom. The van der Waals surface area contributed by atoms with Crippen LogP contribution in [0.4, 0.5) is 8.78 Å². The van der Waals surface area contributed by atoms with Gasteiger partial charge in [0.2, 0.25) is 0 Å². The van der Waals surface area contributed by atoms with E-state index in [1.807, 2.05) is 0 Å². The van der Waals surface area contributed by atoms with E-state index in [4.69, 9.17) is 0 Å². The van der Waals surface area contributed by atoms with Crippen molar-refractivity contribution in [3.63, 3.8) is 0 Å². The molecule has 0 aliphatic rings. The zero-order valence-corrected chi connectivity index (χ0v) is 9.65. The highest BCUT2D eigenvalue weighted by Gasteiger charge is 2.17. The molecule has 92 valence electrons. The number of hydrogen-bond acceptors (Lipinski definition) is 3. The van der Waals surface area contributed by atoms with E-state index in [1.54, 1.807) is 6.92 Å². The summed E-state index contributed by atoms with van der Waals surface area (Å²) in [5, 5.41) is 0. The van der Waals surface area contributed by atoms with Crippen molar-refractivity contribution in [2.24, 2.45) is 0 Å². The molecule has 0 amide bonds. The van der Waals surface area contributed by atoms with Gasteiger partial charge in [-0.1, -0.05) is 6.92 Å². The minimum atomic E-state index is -0.865. The molecule has 2 aromatic rings. The van der Waals surface area contributed by atoms with Crippen LogP contribution in [-0.2, 0) is 0 Å². The number of halogens is 2. The molecule has 0 aliphatic heterocycles. The van der Waals surface area contributed by atoms with Crippen molar-refractivity contribution in [3.8, 4) is 11.3 Å². The van der Waals surface area contributed by atoms with Crippen LogP contribution in [-0.4, -0.2) is 15.8 Å². The van der Waals surface area contributed by atoms with Crippen molar-refractivity contribution in [2.45, 2.75) is 13.3 Å². The summed E-state index contributed by atoms with van der Waals surface area (Å²) in [7, 11) is 0. The van der Waals surface area contributed by atoms with E-state index in [0.29, 0.717) is 5.69 Å². The first-order valence-electron chi connectivity index (χ1n) is 5.42. The predicted molar refractivity (Wildman–Crippen MR) is 62.0 cm³/mol. The lowest BCUT2D eigenvalue weighted by atomic mass is 10.0. The number of carbonyl (C=O) groups excluding carboxylic acids is 1. The minimum Gasteiger partial charge on any atom is -0.294 e. The lowest BCUT2D eigenvalue weighted by Gasteiger charge is -2.06. The fraction of sp³-hybridized carbons (Fsp3) is 0.154. The van der Waals surface area contributed by atoms with Gasteiger partial charge in [-0.25, -0.2) is 18.7 Å². The number of nitrogens with zero attached hydrogens (tertiary/aromatic N) is 2. The Morgan fingerprint density at radius 1 is 1.28 bits per heavy atom. The Kier molecular flexibility index (Phi) is 3.41. The Balaban J connectivity index is 2.53. The van der Waals surface area contributed by atoms with Crippen LogP contribution in [0, 0.1) is 11.6 Å². The molecule has 5 heteroatoms. The maximum absolute atomic E-state index is 13.7. The second-order valence-corrected chi connectivity index (χ2v) is 3.69. The van der Waals surface area contributed by atoms with E-state index < -0.39 is 23.0 Å². The van der Waals surface area contributed by atoms with Crippen LogP contribution in [0.1, 0.15) is 23.7 Å². The molecular formula is C13H10F2N2O. The van der Waals surface area contributed by atoms with Crippen LogP contribution in [0.25, 0.3) is 11.3 Å². The van der Waals surface area contributed by atoms with Crippen LogP contribution in [0.5, 0.6) is 0 Å². The van der Waals surface area contributed by atoms with Gasteiger partial charge in [-0.2, -0.15) is 0 Å². The van der Waals surface area contributed by atoms with Crippen molar-refractivity contribution in [2.75, 3.05) is 0 Å². The van der Waals surface area contributed by atoms with Gasteiger partial charge in [0.05, 0.1) is 11.3 Å². The largest absolute Gasteiger partial charge is 0.294 e. The standard InChI is InChI=1S/C13H10F2N2O/c1-2-12(18)13-9(14)5-8(6-10(13)15)11-3-4-16-7-17-11/h3-7H,2H2,1H3. The molecule has 0 bridgehead atoms. The lowest BCUT2D eigenvalue weighted by Crippen LogP contribution is -2.05. The highest BCUT2D eigenvalue weighted by atomic mass is 19.1. The third kappa shape index (κ3) is 2.25. The third-order valence-corrected chi connectivity index (χ3v) is 2.52. The highest BCUT2D eigenvalue weighted by molar-refractivity contribution is 5.96. The van der Waals surface area contributed by atoms with E-state index in [0.717, 1.165) is 12.1 Å². The molecule has 0 saturated heterocycles. The number of benzene rings is 1. The molecule has 0 fully saturated rings. The second kappa shape index (κ2) is 5.00. The van der Waals surface area contributed by atoms with Crippen LogP contribution in [0.3, 0.4) is 0 Å². The van der Waals surface area contributed by atoms with Crippen molar-refractivity contribution >= 4 is 5.78 Å². The Morgan fingerprint density at radius 3 is 2.44 bits per heavy atom. The van der Waals surface area contributed by atoms with Gasteiger partial charge in [-0.3, -0.25) is 4.79 Å². The molecule has 0 unspecified atom stereocenters. The molecule has 1 aromatic heterocycles. The van der Waals surface area contributed by atoms with Crippen molar-refractivity contribution < 1.29 is 13.6 Å². The average Bonchev–Trinajstić information content (AvgIpc) is 2.38. The number of aromatic nitrogens is 2. The van der Waals surface area contributed by atoms with E-state index in [9.17, 15) is 13.6 Å². The molecular weight excluding hydrogens is 238 g/mol. The lowest BCUT2D eigenvalue weighted by molar-refractivity contribution is 0.0980. The smallest absolute Gasteiger partial charge is 0.168 e.